The van der Waals surface area contributed by atoms with Crippen LogP contribution in [0.2, 0.25) is 0 Å². The maximum absolute atomic E-state index is 12.0. The van der Waals surface area contributed by atoms with E-state index in [0.29, 0.717) is 12.3 Å². The highest BCUT2D eigenvalue weighted by Crippen LogP contribution is 2.19. The fourth-order valence-corrected chi connectivity index (χ4v) is 2.64. The SMILES string of the molecule is CC(C)Oc1ccc(C(C)NC(=O)CC2CCNC2)cc1. The fourth-order valence-electron chi connectivity index (χ4n) is 2.64. The number of rotatable bonds is 6. The van der Waals surface area contributed by atoms with Crippen molar-refractivity contribution in [1.82, 2.24) is 10.6 Å². The minimum Gasteiger partial charge on any atom is -0.491 e. The zero-order valence-electron chi connectivity index (χ0n) is 13.2. The zero-order valence-corrected chi connectivity index (χ0v) is 13.2. The largest absolute Gasteiger partial charge is 0.491 e. The highest BCUT2D eigenvalue weighted by atomic mass is 16.5. The first-order valence-electron chi connectivity index (χ1n) is 7.81. The molecule has 0 aromatic heterocycles. The van der Waals surface area contributed by atoms with Gasteiger partial charge in [0.05, 0.1) is 12.1 Å². The van der Waals surface area contributed by atoms with Crippen molar-refractivity contribution in [3.05, 3.63) is 29.8 Å². The predicted molar refractivity (Wildman–Crippen MR) is 84.4 cm³/mol. The van der Waals surface area contributed by atoms with Gasteiger partial charge in [-0.2, -0.15) is 0 Å². The molecule has 21 heavy (non-hydrogen) atoms. The van der Waals surface area contributed by atoms with Crippen LogP contribution in [-0.2, 0) is 4.79 Å². The van der Waals surface area contributed by atoms with E-state index in [1.807, 2.05) is 45.0 Å². The van der Waals surface area contributed by atoms with Crippen molar-refractivity contribution in [2.75, 3.05) is 13.1 Å². The molecular formula is C17H26N2O2. The summed E-state index contributed by atoms with van der Waals surface area (Å²) < 4.78 is 5.62. The summed E-state index contributed by atoms with van der Waals surface area (Å²) in [7, 11) is 0. The van der Waals surface area contributed by atoms with Crippen LogP contribution in [0.15, 0.2) is 24.3 Å². The second kappa shape index (κ2) is 7.46. The average Bonchev–Trinajstić information content (AvgIpc) is 2.91. The molecule has 2 N–H and O–H groups in total. The van der Waals surface area contributed by atoms with Gasteiger partial charge in [0.1, 0.15) is 5.75 Å². The topological polar surface area (TPSA) is 50.4 Å². The third-order valence-corrected chi connectivity index (χ3v) is 3.77. The summed E-state index contributed by atoms with van der Waals surface area (Å²) in [5.41, 5.74) is 1.10. The van der Waals surface area contributed by atoms with E-state index in [1.165, 1.54) is 0 Å². The van der Waals surface area contributed by atoms with Crippen LogP contribution in [0.4, 0.5) is 0 Å². The Hall–Kier alpha value is -1.55. The molecule has 4 heteroatoms. The van der Waals surface area contributed by atoms with Gasteiger partial charge < -0.3 is 15.4 Å². The van der Waals surface area contributed by atoms with Gasteiger partial charge >= 0.3 is 0 Å². The van der Waals surface area contributed by atoms with Crippen molar-refractivity contribution in [2.24, 2.45) is 5.92 Å². The van der Waals surface area contributed by atoms with E-state index < -0.39 is 0 Å². The lowest BCUT2D eigenvalue weighted by molar-refractivity contribution is -0.122. The van der Waals surface area contributed by atoms with Crippen LogP contribution in [0.3, 0.4) is 0 Å². The van der Waals surface area contributed by atoms with Gasteiger partial charge in [0.2, 0.25) is 5.91 Å². The molecule has 116 valence electrons. The first-order chi connectivity index (χ1) is 10.0. The lowest BCUT2D eigenvalue weighted by Gasteiger charge is -2.17. The van der Waals surface area contributed by atoms with Gasteiger partial charge in [0.25, 0.3) is 0 Å². The van der Waals surface area contributed by atoms with Gasteiger partial charge in [-0.3, -0.25) is 4.79 Å². The Morgan fingerprint density at radius 2 is 2.05 bits per heavy atom. The van der Waals surface area contributed by atoms with Crippen LogP contribution < -0.4 is 15.4 Å². The molecule has 1 aliphatic rings. The molecule has 1 aromatic carbocycles. The molecule has 1 heterocycles. The first-order valence-corrected chi connectivity index (χ1v) is 7.81. The Morgan fingerprint density at radius 1 is 1.33 bits per heavy atom. The van der Waals surface area contributed by atoms with Crippen molar-refractivity contribution < 1.29 is 9.53 Å². The van der Waals surface area contributed by atoms with Crippen LogP contribution in [0, 0.1) is 5.92 Å². The van der Waals surface area contributed by atoms with Gasteiger partial charge in [-0.05, 0) is 63.9 Å². The normalized spacial score (nSPS) is 19.5. The Morgan fingerprint density at radius 3 is 2.62 bits per heavy atom. The van der Waals surface area contributed by atoms with E-state index in [-0.39, 0.29) is 18.1 Å². The highest BCUT2D eigenvalue weighted by Gasteiger charge is 2.19. The number of ether oxygens (including phenoxy) is 1. The van der Waals surface area contributed by atoms with Gasteiger partial charge in [0, 0.05) is 6.42 Å². The van der Waals surface area contributed by atoms with Crippen molar-refractivity contribution in [1.29, 1.82) is 0 Å². The molecule has 2 atom stereocenters. The number of hydrogen-bond acceptors (Lipinski definition) is 3. The zero-order chi connectivity index (χ0) is 15.2. The second-order valence-corrected chi connectivity index (χ2v) is 6.09. The number of carbonyl (C=O) groups is 1. The van der Waals surface area contributed by atoms with E-state index in [0.717, 1.165) is 30.8 Å². The third-order valence-electron chi connectivity index (χ3n) is 3.77. The molecule has 0 radical (unpaired) electrons. The molecule has 1 aliphatic heterocycles. The van der Waals surface area contributed by atoms with Crippen molar-refractivity contribution in [2.45, 2.75) is 45.8 Å². The fraction of sp³-hybridized carbons (Fsp3) is 0.588. The first kappa shape index (κ1) is 15.8. The van der Waals surface area contributed by atoms with Gasteiger partial charge in [0.15, 0.2) is 0 Å². The molecule has 2 rings (SSSR count). The van der Waals surface area contributed by atoms with Crippen LogP contribution in [-0.4, -0.2) is 25.1 Å². The van der Waals surface area contributed by atoms with E-state index in [4.69, 9.17) is 4.74 Å². The Kier molecular flexibility index (Phi) is 5.62. The van der Waals surface area contributed by atoms with E-state index in [1.54, 1.807) is 0 Å². The van der Waals surface area contributed by atoms with Crippen LogP contribution in [0.25, 0.3) is 0 Å². The summed E-state index contributed by atoms with van der Waals surface area (Å²) in [5, 5.41) is 6.37. The standard InChI is InChI=1S/C17H26N2O2/c1-12(2)21-16-6-4-15(5-7-16)13(3)19-17(20)10-14-8-9-18-11-14/h4-7,12-14,18H,8-11H2,1-3H3,(H,19,20). The van der Waals surface area contributed by atoms with E-state index in [9.17, 15) is 4.79 Å². The molecule has 1 amide bonds. The Labute approximate surface area is 127 Å². The van der Waals surface area contributed by atoms with Gasteiger partial charge in [-0.25, -0.2) is 0 Å². The number of amides is 1. The minimum atomic E-state index is 0.0277. The van der Waals surface area contributed by atoms with Crippen LogP contribution >= 0.6 is 0 Å². The van der Waals surface area contributed by atoms with Crippen molar-refractivity contribution in [3.63, 3.8) is 0 Å². The minimum absolute atomic E-state index is 0.0277. The molecular weight excluding hydrogens is 264 g/mol. The molecule has 0 saturated carbocycles. The highest BCUT2D eigenvalue weighted by molar-refractivity contribution is 5.76. The smallest absolute Gasteiger partial charge is 0.220 e. The molecule has 1 aromatic rings. The quantitative estimate of drug-likeness (QED) is 0.847. The summed E-state index contributed by atoms with van der Waals surface area (Å²) in [4.78, 5) is 12.0. The summed E-state index contributed by atoms with van der Waals surface area (Å²) in [6, 6.07) is 7.97. The Bertz CT molecular complexity index is 450. The second-order valence-electron chi connectivity index (χ2n) is 6.09. The number of nitrogens with one attached hydrogen (secondary N) is 2. The molecule has 2 unspecified atom stereocenters. The Balaban J connectivity index is 1.84. The van der Waals surface area contributed by atoms with Gasteiger partial charge in [-0.15, -0.1) is 0 Å². The maximum Gasteiger partial charge on any atom is 0.220 e. The lowest BCUT2D eigenvalue weighted by atomic mass is 10.0. The van der Waals surface area contributed by atoms with E-state index >= 15 is 0 Å². The molecule has 0 spiro atoms. The average molecular weight is 290 g/mol. The number of benzene rings is 1. The molecule has 1 fully saturated rings. The summed E-state index contributed by atoms with van der Waals surface area (Å²) in [6.07, 6.45) is 1.89. The number of carbonyl (C=O) groups excluding carboxylic acids is 1. The lowest BCUT2D eigenvalue weighted by Crippen LogP contribution is -2.28. The summed E-state index contributed by atoms with van der Waals surface area (Å²) in [5.74, 6) is 1.49. The number of hydrogen-bond donors (Lipinski definition) is 2. The monoisotopic (exact) mass is 290 g/mol. The summed E-state index contributed by atoms with van der Waals surface area (Å²) in [6.45, 7) is 8.03. The predicted octanol–water partition coefficient (Wildman–Crippen LogP) is 2.65. The van der Waals surface area contributed by atoms with Crippen molar-refractivity contribution in [3.8, 4) is 5.75 Å². The van der Waals surface area contributed by atoms with Crippen LogP contribution in [0.5, 0.6) is 5.75 Å². The van der Waals surface area contributed by atoms with Gasteiger partial charge in [-0.1, -0.05) is 12.1 Å². The maximum atomic E-state index is 12.0. The summed E-state index contributed by atoms with van der Waals surface area (Å²) >= 11 is 0. The van der Waals surface area contributed by atoms with Crippen molar-refractivity contribution >= 4 is 5.91 Å². The van der Waals surface area contributed by atoms with E-state index in [2.05, 4.69) is 10.6 Å². The molecule has 1 saturated heterocycles. The third kappa shape index (κ3) is 5.05. The van der Waals surface area contributed by atoms with Crippen LogP contribution in [0.1, 0.15) is 45.2 Å². The molecule has 0 bridgehead atoms. The molecule has 4 nitrogen and oxygen atoms in total. The molecule has 0 aliphatic carbocycles.